The van der Waals surface area contributed by atoms with E-state index in [-0.39, 0.29) is 29.8 Å². The number of nitrogens with zero attached hydrogens (tertiary/aromatic N) is 4. The molecule has 0 bridgehead atoms. The molecule has 10 heteroatoms. The molecule has 1 fully saturated rings. The summed E-state index contributed by atoms with van der Waals surface area (Å²) >= 11 is 0. The summed E-state index contributed by atoms with van der Waals surface area (Å²) in [5.41, 5.74) is 2.98. The lowest BCUT2D eigenvalue weighted by atomic mass is 9.93. The number of hydrogen-bond acceptors (Lipinski definition) is 7. The number of piperazine rings is 1. The normalized spacial score (nSPS) is 15.8. The Morgan fingerprint density at radius 3 is 2.29 bits per heavy atom. The van der Waals surface area contributed by atoms with Crippen molar-refractivity contribution in [2.75, 3.05) is 26.2 Å². The average molecular weight is 531 g/mol. The second kappa shape index (κ2) is 10.4. The topological polar surface area (TPSA) is 114 Å². The van der Waals surface area contributed by atoms with Gasteiger partial charge in [-0.25, -0.2) is 8.42 Å². The molecule has 0 N–H and O–H groups in total. The minimum absolute atomic E-state index is 0.0197. The molecular formula is C28H26N4O5S. The van der Waals surface area contributed by atoms with Gasteiger partial charge in [0.2, 0.25) is 10.0 Å². The quantitative estimate of drug-likeness (QED) is 0.197. The molecular weight excluding hydrogens is 504 g/mol. The Kier molecular flexibility index (Phi) is 7.02. The Morgan fingerprint density at radius 2 is 1.61 bits per heavy atom. The molecule has 1 aliphatic heterocycles. The molecule has 2 heterocycles. The van der Waals surface area contributed by atoms with E-state index in [1.807, 2.05) is 42.5 Å². The van der Waals surface area contributed by atoms with Crippen molar-refractivity contribution >= 4 is 32.4 Å². The van der Waals surface area contributed by atoms with Gasteiger partial charge in [-0.2, -0.15) is 4.31 Å². The first-order valence-electron chi connectivity index (χ1n) is 12.2. The van der Waals surface area contributed by atoms with E-state index in [0.717, 1.165) is 22.0 Å². The Hall–Kier alpha value is -3.99. The maximum absolute atomic E-state index is 13.4. The summed E-state index contributed by atoms with van der Waals surface area (Å²) < 4.78 is 28.0. The molecule has 0 spiro atoms. The van der Waals surface area contributed by atoms with Crippen LogP contribution in [0.2, 0.25) is 0 Å². The monoisotopic (exact) mass is 530 g/mol. The molecule has 5 rings (SSSR count). The molecule has 3 aromatic carbocycles. The van der Waals surface area contributed by atoms with Gasteiger partial charge in [-0.05, 0) is 24.6 Å². The van der Waals surface area contributed by atoms with Crippen LogP contribution in [0.1, 0.15) is 34.5 Å². The fourth-order valence-corrected chi connectivity index (χ4v) is 6.58. The number of Topliss-reactive ketones (excluding diaryl/α,β-unsaturated/α-hetero) is 1. The second-order valence-corrected chi connectivity index (χ2v) is 11.1. The molecule has 0 amide bonds. The van der Waals surface area contributed by atoms with Crippen molar-refractivity contribution < 1.29 is 18.1 Å². The lowest BCUT2D eigenvalue weighted by molar-refractivity contribution is -0.387. The van der Waals surface area contributed by atoms with Crippen molar-refractivity contribution in [3.63, 3.8) is 0 Å². The summed E-state index contributed by atoms with van der Waals surface area (Å²) in [6.45, 7) is 2.69. The second-order valence-electron chi connectivity index (χ2n) is 9.17. The van der Waals surface area contributed by atoms with Gasteiger partial charge in [0, 0.05) is 55.0 Å². The van der Waals surface area contributed by atoms with E-state index in [1.165, 1.54) is 35.5 Å². The third kappa shape index (κ3) is 4.81. The van der Waals surface area contributed by atoms with Crippen LogP contribution in [0.15, 0.2) is 90.0 Å². The molecule has 0 radical (unpaired) electrons. The van der Waals surface area contributed by atoms with Crippen LogP contribution < -0.4 is 0 Å². The zero-order valence-corrected chi connectivity index (χ0v) is 21.5. The lowest BCUT2D eigenvalue weighted by Gasteiger charge is -2.39. The van der Waals surface area contributed by atoms with Crippen LogP contribution >= 0.6 is 0 Å². The van der Waals surface area contributed by atoms with Gasteiger partial charge in [0.15, 0.2) is 10.7 Å². The van der Waals surface area contributed by atoms with Crippen molar-refractivity contribution in [1.82, 2.24) is 14.2 Å². The van der Waals surface area contributed by atoms with E-state index >= 15 is 0 Å². The van der Waals surface area contributed by atoms with Gasteiger partial charge in [0.1, 0.15) is 0 Å². The van der Waals surface area contributed by atoms with E-state index in [4.69, 9.17) is 0 Å². The summed E-state index contributed by atoms with van der Waals surface area (Å²) in [6, 6.07) is 22.5. The fraction of sp³-hybridized carbons (Fsp3) is 0.214. The molecule has 0 aliphatic carbocycles. The molecule has 1 aliphatic rings. The Bertz CT molecular complexity index is 1610. The predicted molar refractivity (Wildman–Crippen MR) is 143 cm³/mol. The van der Waals surface area contributed by atoms with E-state index in [2.05, 4.69) is 9.88 Å². The maximum Gasteiger partial charge on any atom is 0.289 e. The third-order valence-corrected chi connectivity index (χ3v) is 8.86. The highest BCUT2D eigenvalue weighted by molar-refractivity contribution is 7.89. The number of carbonyl (C=O) groups excluding carboxylic acids is 1. The van der Waals surface area contributed by atoms with E-state index in [0.29, 0.717) is 18.7 Å². The number of rotatable bonds is 7. The zero-order valence-electron chi connectivity index (χ0n) is 20.7. The van der Waals surface area contributed by atoms with Gasteiger partial charge in [0.05, 0.1) is 16.5 Å². The van der Waals surface area contributed by atoms with Crippen LogP contribution in [-0.4, -0.2) is 59.5 Å². The molecule has 1 unspecified atom stereocenters. The number of pyridine rings is 1. The van der Waals surface area contributed by atoms with Crippen LogP contribution in [0.25, 0.3) is 10.9 Å². The summed E-state index contributed by atoms with van der Waals surface area (Å²) in [4.78, 5) is 29.2. The SMILES string of the molecule is CC(=O)c1ccc(C(c2cccc3cccnc23)N2CCN(S(=O)(=O)c3ccccc3[N+](=O)[O-])CC2)cc1. The highest BCUT2D eigenvalue weighted by Gasteiger charge is 2.36. The lowest BCUT2D eigenvalue weighted by Crippen LogP contribution is -2.49. The number of sulfonamides is 1. The van der Waals surface area contributed by atoms with Gasteiger partial charge in [-0.15, -0.1) is 0 Å². The summed E-state index contributed by atoms with van der Waals surface area (Å²) in [6.07, 6.45) is 1.75. The van der Waals surface area contributed by atoms with Crippen molar-refractivity contribution in [3.05, 3.63) is 112 Å². The minimum Gasteiger partial charge on any atom is -0.295 e. The third-order valence-electron chi connectivity index (χ3n) is 6.91. The van der Waals surface area contributed by atoms with Crippen LogP contribution in [0.5, 0.6) is 0 Å². The van der Waals surface area contributed by atoms with E-state index in [1.54, 1.807) is 18.3 Å². The molecule has 4 aromatic rings. The van der Waals surface area contributed by atoms with Gasteiger partial charge in [0.25, 0.3) is 5.69 Å². The van der Waals surface area contributed by atoms with Gasteiger partial charge in [-0.3, -0.25) is 24.8 Å². The first-order valence-corrected chi connectivity index (χ1v) is 13.6. The molecule has 1 aromatic heterocycles. The molecule has 194 valence electrons. The van der Waals surface area contributed by atoms with Gasteiger partial charge < -0.3 is 0 Å². The minimum atomic E-state index is -4.05. The average Bonchev–Trinajstić information content (AvgIpc) is 2.94. The largest absolute Gasteiger partial charge is 0.295 e. The van der Waals surface area contributed by atoms with E-state index in [9.17, 15) is 23.3 Å². The molecule has 1 saturated heterocycles. The first-order chi connectivity index (χ1) is 18.3. The fourth-order valence-electron chi connectivity index (χ4n) is 5.00. The highest BCUT2D eigenvalue weighted by Crippen LogP contribution is 2.35. The van der Waals surface area contributed by atoms with Gasteiger partial charge >= 0.3 is 0 Å². The zero-order chi connectivity index (χ0) is 26.9. The Balaban J connectivity index is 1.49. The Morgan fingerprint density at radius 1 is 0.921 bits per heavy atom. The van der Waals surface area contributed by atoms with Crippen molar-refractivity contribution in [2.24, 2.45) is 0 Å². The number of para-hydroxylation sites is 2. The van der Waals surface area contributed by atoms with Crippen LogP contribution in [0.4, 0.5) is 5.69 Å². The van der Waals surface area contributed by atoms with Gasteiger partial charge in [-0.1, -0.05) is 60.7 Å². The molecule has 38 heavy (non-hydrogen) atoms. The molecule has 1 atom stereocenters. The smallest absolute Gasteiger partial charge is 0.289 e. The summed E-state index contributed by atoms with van der Waals surface area (Å²) in [7, 11) is -4.05. The summed E-state index contributed by atoms with van der Waals surface area (Å²) in [5, 5.41) is 12.5. The number of ketones is 1. The Labute approximate surface area is 220 Å². The van der Waals surface area contributed by atoms with Crippen molar-refractivity contribution in [1.29, 1.82) is 0 Å². The molecule has 9 nitrogen and oxygen atoms in total. The van der Waals surface area contributed by atoms with Crippen LogP contribution in [0.3, 0.4) is 0 Å². The van der Waals surface area contributed by atoms with Crippen LogP contribution in [0, 0.1) is 10.1 Å². The number of aromatic nitrogens is 1. The first kappa shape index (κ1) is 25.7. The number of nitro groups is 1. The number of benzene rings is 3. The highest BCUT2D eigenvalue weighted by atomic mass is 32.2. The van der Waals surface area contributed by atoms with Crippen molar-refractivity contribution in [3.8, 4) is 0 Å². The predicted octanol–water partition coefficient (Wildman–Crippen LogP) is 4.44. The number of nitro benzene ring substituents is 1. The molecule has 0 saturated carbocycles. The standard InChI is InChI=1S/C28H26N4O5S/c1-20(33)21-11-13-23(14-12-21)28(24-8-4-6-22-7-5-15-29-27(22)24)30-16-18-31(19-17-30)38(36,37)26-10-3-2-9-25(26)32(34)35/h2-15,28H,16-19H2,1H3. The van der Waals surface area contributed by atoms with Crippen LogP contribution in [-0.2, 0) is 10.0 Å². The van der Waals surface area contributed by atoms with E-state index < -0.39 is 20.6 Å². The maximum atomic E-state index is 13.4. The van der Waals surface area contributed by atoms with Crippen molar-refractivity contribution in [2.45, 2.75) is 17.9 Å². The number of carbonyl (C=O) groups is 1. The number of fused-ring (bicyclic) bond motifs is 1. The summed E-state index contributed by atoms with van der Waals surface area (Å²) in [5.74, 6) is -0.0197. The number of hydrogen-bond donors (Lipinski definition) is 0.